The number of aromatic amines is 1. The summed E-state index contributed by atoms with van der Waals surface area (Å²) < 4.78 is 4.69. The van der Waals surface area contributed by atoms with Gasteiger partial charge in [0.05, 0.1) is 18.1 Å². The molecule has 19 heavy (non-hydrogen) atoms. The van der Waals surface area contributed by atoms with Gasteiger partial charge in [0.25, 0.3) is 0 Å². The molecule has 100 valence electrons. The number of ether oxygens (including phenoxy) is 1. The molecule has 2 aromatic rings. The molecule has 6 heteroatoms. The summed E-state index contributed by atoms with van der Waals surface area (Å²) in [5.74, 6) is -0.747. The van der Waals surface area contributed by atoms with E-state index in [2.05, 4.69) is 20.0 Å². The first-order chi connectivity index (χ1) is 9.11. The lowest BCUT2D eigenvalue weighted by molar-refractivity contribution is -0.144. The molecule has 2 N–H and O–H groups in total. The molecule has 6 nitrogen and oxygen atoms in total. The van der Waals surface area contributed by atoms with Crippen molar-refractivity contribution in [3.63, 3.8) is 0 Å². The number of nitrogens with zero attached hydrogens (tertiary/aromatic N) is 1. The number of hydrogen-bond donors (Lipinski definition) is 2. The van der Waals surface area contributed by atoms with Crippen LogP contribution in [0, 0.1) is 0 Å². The van der Waals surface area contributed by atoms with Gasteiger partial charge in [-0.05, 0) is 17.7 Å². The summed E-state index contributed by atoms with van der Waals surface area (Å²) in [6.45, 7) is 1.36. The van der Waals surface area contributed by atoms with Gasteiger partial charge < -0.3 is 15.0 Å². The molecule has 0 aliphatic heterocycles. The summed E-state index contributed by atoms with van der Waals surface area (Å²) in [6.07, 6.45) is 3.81. The monoisotopic (exact) mass is 261 g/mol. The van der Waals surface area contributed by atoms with Gasteiger partial charge in [0.15, 0.2) is 0 Å². The van der Waals surface area contributed by atoms with Crippen molar-refractivity contribution in [1.29, 1.82) is 0 Å². The summed E-state index contributed by atoms with van der Waals surface area (Å²) in [5, 5.41) is 2.58. The second-order valence-electron chi connectivity index (χ2n) is 4.19. The van der Waals surface area contributed by atoms with E-state index >= 15 is 0 Å². The Hall–Kier alpha value is -2.37. The van der Waals surface area contributed by atoms with Crippen molar-refractivity contribution >= 4 is 22.9 Å². The van der Waals surface area contributed by atoms with E-state index in [-0.39, 0.29) is 5.91 Å². The van der Waals surface area contributed by atoms with Crippen LogP contribution < -0.4 is 5.32 Å². The Balaban J connectivity index is 2.25. The molecule has 1 amide bonds. The fourth-order valence-corrected chi connectivity index (χ4v) is 1.97. The number of aromatic nitrogens is 2. The lowest BCUT2D eigenvalue weighted by atomic mass is 10.1. The predicted molar refractivity (Wildman–Crippen MR) is 69.4 cm³/mol. The minimum atomic E-state index is -0.705. The molecule has 2 heterocycles. The fourth-order valence-electron chi connectivity index (χ4n) is 1.97. The number of nitrogens with one attached hydrogen (secondary N) is 2. The largest absolute Gasteiger partial charge is 0.467 e. The highest BCUT2D eigenvalue weighted by molar-refractivity contribution is 5.85. The molecule has 2 aromatic heterocycles. The number of amides is 1. The second-order valence-corrected chi connectivity index (χ2v) is 4.19. The third-order valence-electron chi connectivity index (χ3n) is 2.80. The summed E-state index contributed by atoms with van der Waals surface area (Å²) in [4.78, 5) is 30.1. The number of methoxy groups -OCH3 is 1. The molecule has 1 atom stereocenters. The van der Waals surface area contributed by atoms with Crippen LogP contribution in [0.15, 0.2) is 24.5 Å². The topological polar surface area (TPSA) is 84.1 Å². The van der Waals surface area contributed by atoms with Crippen LogP contribution in [0.4, 0.5) is 0 Å². The van der Waals surface area contributed by atoms with Crippen LogP contribution in [0.5, 0.6) is 0 Å². The van der Waals surface area contributed by atoms with Crippen molar-refractivity contribution in [2.45, 2.75) is 19.4 Å². The second kappa shape index (κ2) is 5.51. The van der Waals surface area contributed by atoms with Crippen LogP contribution in [0.3, 0.4) is 0 Å². The van der Waals surface area contributed by atoms with Gasteiger partial charge in [0, 0.05) is 25.7 Å². The summed E-state index contributed by atoms with van der Waals surface area (Å²) in [5.41, 5.74) is 2.55. The Kier molecular flexibility index (Phi) is 3.79. The first-order valence-electron chi connectivity index (χ1n) is 5.87. The zero-order valence-corrected chi connectivity index (χ0v) is 10.8. The number of pyridine rings is 1. The van der Waals surface area contributed by atoms with E-state index in [0.717, 1.165) is 16.6 Å². The highest BCUT2D eigenvalue weighted by atomic mass is 16.5. The Labute approximate surface area is 110 Å². The van der Waals surface area contributed by atoms with Crippen molar-refractivity contribution in [3.8, 4) is 0 Å². The third-order valence-corrected chi connectivity index (χ3v) is 2.80. The molecule has 2 rings (SSSR count). The molecule has 1 unspecified atom stereocenters. The third kappa shape index (κ3) is 2.90. The summed E-state index contributed by atoms with van der Waals surface area (Å²) in [6, 6.07) is 3.02. The van der Waals surface area contributed by atoms with E-state index in [1.807, 2.05) is 12.1 Å². The van der Waals surface area contributed by atoms with Gasteiger partial charge in [-0.25, -0.2) is 4.79 Å². The van der Waals surface area contributed by atoms with Gasteiger partial charge in [0.2, 0.25) is 5.91 Å². The molecular weight excluding hydrogens is 246 g/mol. The molecule has 0 radical (unpaired) electrons. The molecular formula is C13H15N3O3. The molecule has 0 saturated heterocycles. The number of H-pyrrole nitrogens is 1. The van der Waals surface area contributed by atoms with Crippen LogP contribution in [0.25, 0.3) is 11.0 Å². The van der Waals surface area contributed by atoms with E-state index in [9.17, 15) is 9.59 Å². The van der Waals surface area contributed by atoms with E-state index in [4.69, 9.17) is 0 Å². The number of carbonyl (C=O) groups excluding carboxylic acids is 2. The number of carbonyl (C=O) groups is 2. The molecule has 0 aliphatic rings. The predicted octanol–water partition coefficient (Wildman–Crippen LogP) is 0.783. The molecule has 0 aromatic carbocycles. The van der Waals surface area contributed by atoms with Crippen molar-refractivity contribution in [2.75, 3.05) is 7.11 Å². The highest BCUT2D eigenvalue weighted by Crippen LogP contribution is 2.16. The quantitative estimate of drug-likeness (QED) is 0.797. The molecule has 0 spiro atoms. The van der Waals surface area contributed by atoms with Gasteiger partial charge in [-0.3, -0.25) is 9.78 Å². The minimum Gasteiger partial charge on any atom is -0.467 e. The SMILES string of the molecule is COC(=O)C(Cc1c[nH]c2cccnc12)NC(C)=O. The first-order valence-corrected chi connectivity index (χ1v) is 5.87. The Morgan fingerprint density at radius 3 is 3.00 bits per heavy atom. The van der Waals surface area contributed by atoms with Crippen LogP contribution >= 0.6 is 0 Å². The lowest BCUT2D eigenvalue weighted by Gasteiger charge is -2.14. The average molecular weight is 261 g/mol. The van der Waals surface area contributed by atoms with Crippen molar-refractivity contribution in [2.24, 2.45) is 0 Å². The Bertz CT molecular complexity index is 606. The zero-order chi connectivity index (χ0) is 13.8. The number of rotatable bonds is 4. The van der Waals surface area contributed by atoms with Crippen molar-refractivity contribution < 1.29 is 14.3 Å². The first kappa shape index (κ1) is 13.1. The van der Waals surface area contributed by atoms with Gasteiger partial charge >= 0.3 is 5.97 Å². The molecule has 0 fully saturated rings. The van der Waals surface area contributed by atoms with E-state index in [1.165, 1.54) is 14.0 Å². The number of fused-ring (bicyclic) bond motifs is 1. The molecule has 0 saturated carbocycles. The number of esters is 1. The number of hydrogen-bond acceptors (Lipinski definition) is 4. The smallest absolute Gasteiger partial charge is 0.328 e. The van der Waals surface area contributed by atoms with Crippen LogP contribution in [0.2, 0.25) is 0 Å². The fraction of sp³-hybridized carbons (Fsp3) is 0.308. The van der Waals surface area contributed by atoms with Crippen LogP contribution in [-0.4, -0.2) is 35.0 Å². The Morgan fingerprint density at radius 2 is 2.32 bits per heavy atom. The standard InChI is InChI=1S/C13H15N3O3/c1-8(17)16-11(13(18)19-2)6-9-7-15-10-4-3-5-14-12(9)10/h3-5,7,11,15H,6H2,1-2H3,(H,16,17). The molecule has 0 aliphatic carbocycles. The van der Waals surface area contributed by atoms with Gasteiger partial charge in [0.1, 0.15) is 6.04 Å². The maximum absolute atomic E-state index is 11.6. The van der Waals surface area contributed by atoms with Crippen molar-refractivity contribution in [3.05, 3.63) is 30.1 Å². The minimum absolute atomic E-state index is 0.275. The van der Waals surface area contributed by atoms with Crippen molar-refractivity contribution in [1.82, 2.24) is 15.3 Å². The average Bonchev–Trinajstić information content (AvgIpc) is 2.80. The van der Waals surface area contributed by atoms with Crippen LogP contribution in [-0.2, 0) is 20.7 Å². The van der Waals surface area contributed by atoms with E-state index in [0.29, 0.717) is 6.42 Å². The highest BCUT2D eigenvalue weighted by Gasteiger charge is 2.22. The Morgan fingerprint density at radius 1 is 1.53 bits per heavy atom. The zero-order valence-electron chi connectivity index (χ0n) is 10.8. The van der Waals surface area contributed by atoms with E-state index in [1.54, 1.807) is 12.4 Å². The summed E-state index contributed by atoms with van der Waals surface area (Å²) >= 11 is 0. The van der Waals surface area contributed by atoms with Gasteiger partial charge in [-0.15, -0.1) is 0 Å². The maximum atomic E-state index is 11.6. The summed E-state index contributed by atoms with van der Waals surface area (Å²) in [7, 11) is 1.30. The van der Waals surface area contributed by atoms with Gasteiger partial charge in [-0.1, -0.05) is 0 Å². The van der Waals surface area contributed by atoms with E-state index < -0.39 is 12.0 Å². The normalized spacial score (nSPS) is 12.1. The lowest BCUT2D eigenvalue weighted by Crippen LogP contribution is -2.41. The maximum Gasteiger partial charge on any atom is 0.328 e. The van der Waals surface area contributed by atoms with Gasteiger partial charge in [-0.2, -0.15) is 0 Å². The molecule has 0 bridgehead atoms. The van der Waals surface area contributed by atoms with Crippen LogP contribution in [0.1, 0.15) is 12.5 Å².